The van der Waals surface area contributed by atoms with Crippen LogP contribution in [0.3, 0.4) is 0 Å². The number of rotatable bonds is 4. The van der Waals surface area contributed by atoms with Crippen LogP contribution in [-0.2, 0) is 6.42 Å². The first-order valence-corrected chi connectivity index (χ1v) is 7.93. The molecule has 3 N–H and O–H groups in total. The first kappa shape index (κ1) is 15.4. The summed E-state index contributed by atoms with van der Waals surface area (Å²) in [4.78, 5) is 18.1. The molecule has 0 saturated carbocycles. The molecule has 6 heteroatoms. The van der Waals surface area contributed by atoms with E-state index < -0.39 is 0 Å². The molecule has 0 aliphatic rings. The van der Waals surface area contributed by atoms with Gasteiger partial charge in [0.2, 0.25) is 0 Å². The van der Waals surface area contributed by atoms with Crippen molar-refractivity contribution in [2.75, 3.05) is 6.54 Å². The molecule has 126 valence electrons. The van der Waals surface area contributed by atoms with Crippen LogP contribution in [0.25, 0.3) is 21.8 Å². The minimum absolute atomic E-state index is 0.298. The van der Waals surface area contributed by atoms with Gasteiger partial charge < -0.3 is 15.3 Å². The summed E-state index contributed by atoms with van der Waals surface area (Å²) in [6.07, 6.45) is 2.31. The van der Waals surface area contributed by atoms with Crippen LogP contribution in [0.2, 0.25) is 0 Å². The van der Waals surface area contributed by atoms with Crippen LogP contribution < -0.4 is 5.32 Å². The summed E-state index contributed by atoms with van der Waals surface area (Å²) >= 11 is 0. The van der Waals surface area contributed by atoms with Gasteiger partial charge in [-0.15, -0.1) is 0 Å². The molecule has 2 aromatic carbocycles. The Bertz CT molecular complexity index is 1080. The Morgan fingerprint density at radius 3 is 2.68 bits per heavy atom. The molecule has 1 amide bonds. The van der Waals surface area contributed by atoms with Crippen LogP contribution in [0.15, 0.2) is 48.7 Å². The van der Waals surface area contributed by atoms with Crippen molar-refractivity contribution in [3.8, 4) is 0 Å². The van der Waals surface area contributed by atoms with Crippen molar-refractivity contribution >= 4 is 27.7 Å². The molecule has 0 aliphatic carbocycles. The van der Waals surface area contributed by atoms with Gasteiger partial charge in [0.05, 0.1) is 5.52 Å². The molecular formula is C19H15F2N3O. The predicted molar refractivity (Wildman–Crippen MR) is 92.6 cm³/mol. The average molecular weight is 339 g/mol. The fourth-order valence-corrected chi connectivity index (χ4v) is 3.03. The third kappa shape index (κ3) is 2.76. The molecule has 0 radical (unpaired) electrons. The maximum absolute atomic E-state index is 13.7. The van der Waals surface area contributed by atoms with Crippen LogP contribution in [0.4, 0.5) is 8.78 Å². The maximum Gasteiger partial charge on any atom is 0.267 e. The number of benzene rings is 2. The van der Waals surface area contributed by atoms with Crippen LogP contribution >= 0.6 is 0 Å². The van der Waals surface area contributed by atoms with E-state index in [1.807, 2.05) is 6.07 Å². The van der Waals surface area contributed by atoms with E-state index >= 15 is 0 Å². The lowest BCUT2D eigenvalue weighted by molar-refractivity contribution is 0.0950. The van der Waals surface area contributed by atoms with E-state index in [9.17, 15) is 13.6 Å². The van der Waals surface area contributed by atoms with Gasteiger partial charge in [-0.25, -0.2) is 8.78 Å². The number of carbonyl (C=O) groups is 1. The lowest BCUT2D eigenvalue weighted by Crippen LogP contribution is -2.25. The van der Waals surface area contributed by atoms with Gasteiger partial charge in [0, 0.05) is 29.0 Å². The fourth-order valence-electron chi connectivity index (χ4n) is 3.03. The molecule has 0 fully saturated rings. The van der Waals surface area contributed by atoms with Crippen molar-refractivity contribution in [2.24, 2.45) is 0 Å². The molecule has 0 atom stereocenters. The number of aromatic amines is 2. The smallest absolute Gasteiger partial charge is 0.267 e. The van der Waals surface area contributed by atoms with Crippen molar-refractivity contribution < 1.29 is 13.6 Å². The standard InChI is InChI=1S/C19H15F2N3O/c20-14-4-2-6-16-13(14)9-17(24-16)19(25)22-8-7-11-10-23-18-12(11)3-1-5-15(18)21/h1-6,9-10,23-24H,7-8H2,(H,22,25). The van der Waals surface area contributed by atoms with Gasteiger partial charge in [-0.1, -0.05) is 18.2 Å². The summed E-state index contributed by atoms with van der Waals surface area (Å²) < 4.78 is 27.4. The SMILES string of the molecule is O=C(NCCc1c[nH]c2c(F)cccc12)c1cc2c(F)cccc2[nH]1. The number of H-pyrrole nitrogens is 2. The molecule has 0 unspecified atom stereocenters. The summed E-state index contributed by atoms with van der Waals surface area (Å²) in [6, 6.07) is 11.1. The number of carbonyl (C=O) groups excluding carboxylic acids is 1. The fraction of sp³-hybridized carbons (Fsp3) is 0.105. The van der Waals surface area contributed by atoms with Gasteiger partial charge in [0.25, 0.3) is 5.91 Å². The number of aromatic nitrogens is 2. The Balaban J connectivity index is 1.46. The molecule has 4 rings (SSSR count). The molecule has 0 aliphatic heterocycles. The maximum atomic E-state index is 13.7. The number of hydrogen-bond donors (Lipinski definition) is 3. The summed E-state index contributed by atoms with van der Waals surface area (Å²) in [6.45, 7) is 0.389. The monoisotopic (exact) mass is 339 g/mol. The first-order valence-electron chi connectivity index (χ1n) is 7.93. The molecular weight excluding hydrogens is 324 g/mol. The third-order valence-electron chi connectivity index (χ3n) is 4.29. The Morgan fingerprint density at radius 2 is 1.84 bits per heavy atom. The van der Waals surface area contributed by atoms with Crippen LogP contribution in [0.1, 0.15) is 16.1 Å². The van der Waals surface area contributed by atoms with Gasteiger partial charge in [0.1, 0.15) is 17.3 Å². The molecule has 2 heterocycles. The highest BCUT2D eigenvalue weighted by Gasteiger charge is 2.12. The number of para-hydroxylation sites is 1. The van der Waals surface area contributed by atoms with Crippen molar-refractivity contribution in [3.63, 3.8) is 0 Å². The number of nitrogens with one attached hydrogen (secondary N) is 3. The Morgan fingerprint density at radius 1 is 1.04 bits per heavy atom. The van der Waals surface area contributed by atoms with E-state index in [0.717, 1.165) is 10.9 Å². The minimum atomic E-state index is -0.367. The number of amides is 1. The zero-order valence-corrected chi connectivity index (χ0v) is 13.2. The lowest BCUT2D eigenvalue weighted by Gasteiger charge is -2.03. The largest absolute Gasteiger partial charge is 0.359 e. The predicted octanol–water partition coefficient (Wildman–Crippen LogP) is 3.90. The van der Waals surface area contributed by atoms with E-state index in [2.05, 4.69) is 15.3 Å². The molecule has 0 spiro atoms. The zero-order chi connectivity index (χ0) is 17.4. The Labute approximate surface area is 141 Å². The second-order valence-corrected chi connectivity index (χ2v) is 5.87. The van der Waals surface area contributed by atoms with E-state index in [0.29, 0.717) is 35.1 Å². The summed E-state index contributed by atoms with van der Waals surface area (Å²) in [5.41, 5.74) is 2.29. The molecule has 4 nitrogen and oxygen atoms in total. The van der Waals surface area contributed by atoms with Crippen LogP contribution in [-0.4, -0.2) is 22.4 Å². The second kappa shape index (κ2) is 6.05. The summed E-state index contributed by atoms with van der Waals surface area (Å²) in [5.74, 6) is -0.969. The summed E-state index contributed by atoms with van der Waals surface area (Å²) in [7, 11) is 0. The number of halogens is 2. The highest BCUT2D eigenvalue weighted by atomic mass is 19.1. The highest BCUT2D eigenvalue weighted by Crippen LogP contribution is 2.21. The Hall–Kier alpha value is -3.15. The van der Waals surface area contributed by atoms with Crippen molar-refractivity contribution in [1.82, 2.24) is 15.3 Å². The molecule has 4 aromatic rings. The second-order valence-electron chi connectivity index (χ2n) is 5.87. The number of hydrogen-bond acceptors (Lipinski definition) is 1. The molecule has 25 heavy (non-hydrogen) atoms. The van der Waals surface area contributed by atoms with Crippen molar-refractivity contribution in [1.29, 1.82) is 0 Å². The van der Waals surface area contributed by atoms with Gasteiger partial charge in [-0.05, 0) is 36.2 Å². The van der Waals surface area contributed by atoms with Gasteiger partial charge in [0.15, 0.2) is 0 Å². The van der Waals surface area contributed by atoms with E-state index in [1.165, 1.54) is 18.2 Å². The van der Waals surface area contributed by atoms with Gasteiger partial charge >= 0.3 is 0 Å². The van der Waals surface area contributed by atoms with Crippen LogP contribution in [0, 0.1) is 11.6 Å². The Kier molecular flexibility index (Phi) is 3.72. The minimum Gasteiger partial charge on any atom is -0.359 e. The normalized spacial score (nSPS) is 11.3. The number of fused-ring (bicyclic) bond motifs is 2. The van der Waals surface area contributed by atoms with Crippen LogP contribution in [0.5, 0.6) is 0 Å². The summed E-state index contributed by atoms with van der Waals surface area (Å²) in [5, 5.41) is 3.99. The lowest BCUT2D eigenvalue weighted by atomic mass is 10.1. The van der Waals surface area contributed by atoms with Gasteiger partial charge in [-0.2, -0.15) is 0 Å². The first-order chi connectivity index (χ1) is 12.1. The van der Waals surface area contributed by atoms with Crippen molar-refractivity contribution in [2.45, 2.75) is 6.42 Å². The van der Waals surface area contributed by atoms with E-state index in [1.54, 1.807) is 24.4 Å². The quantitative estimate of drug-likeness (QED) is 0.519. The third-order valence-corrected chi connectivity index (χ3v) is 4.29. The average Bonchev–Trinajstić information content (AvgIpc) is 3.21. The topological polar surface area (TPSA) is 60.7 Å². The highest BCUT2D eigenvalue weighted by molar-refractivity contribution is 5.98. The molecule has 0 saturated heterocycles. The zero-order valence-electron chi connectivity index (χ0n) is 13.2. The van der Waals surface area contributed by atoms with Crippen molar-refractivity contribution in [3.05, 3.63) is 71.6 Å². The molecule has 2 aromatic heterocycles. The molecule has 0 bridgehead atoms. The van der Waals surface area contributed by atoms with E-state index in [4.69, 9.17) is 0 Å². The van der Waals surface area contributed by atoms with E-state index in [-0.39, 0.29) is 17.5 Å². The van der Waals surface area contributed by atoms with Gasteiger partial charge in [-0.3, -0.25) is 4.79 Å².